The minimum Gasteiger partial charge on any atom is -0.508 e. The maximum Gasteiger partial charge on any atom is 0.336 e. The summed E-state index contributed by atoms with van der Waals surface area (Å²) in [6, 6.07) is 12.1. The van der Waals surface area contributed by atoms with Crippen LogP contribution in [0.5, 0.6) is 5.75 Å². The Bertz CT molecular complexity index is 3220. The normalized spacial score (nSPS) is 15.3. The predicted octanol–water partition coefficient (Wildman–Crippen LogP) is 3.99. The van der Waals surface area contributed by atoms with Crippen LogP contribution in [0.3, 0.4) is 0 Å². The van der Waals surface area contributed by atoms with Gasteiger partial charge in [-0.2, -0.15) is 15.0 Å². The van der Waals surface area contributed by atoms with Gasteiger partial charge in [-0.1, -0.05) is 29.8 Å². The molecular weight excluding hydrogens is 989 g/mol. The maximum atomic E-state index is 14.3. The summed E-state index contributed by atoms with van der Waals surface area (Å²) >= 11 is 0. The molecule has 0 spiro atoms. The van der Waals surface area contributed by atoms with E-state index in [1.807, 2.05) is 20.9 Å². The molecule has 5 aromatic rings. The van der Waals surface area contributed by atoms with Crippen LogP contribution in [-0.4, -0.2) is 159 Å². The van der Waals surface area contributed by atoms with Gasteiger partial charge in [0, 0.05) is 99.1 Å². The van der Waals surface area contributed by atoms with Crippen LogP contribution in [0.2, 0.25) is 0 Å². The van der Waals surface area contributed by atoms with Gasteiger partial charge in [0.15, 0.2) is 11.5 Å². The molecule has 406 valence electrons. The summed E-state index contributed by atoms with van der Waals surface area (Å²) in [7, 11) is 0. The maximum absolute atomic E-state index is 14.3. The molecule has 2 fully saturated rings. The zero-order chi connectivity index (χ0) is 54.2. The number of nitrogens with one attached hydrogen (secondary N) is 1. The van der Waals surface area contributed by atoms with Crippen molar-refractivity contribution in [3.05, 3.63) is 94.2 Å². The number of piperazine rings is 2. The first kappa shape index (κ1) is 53.7. The molecule has 9 rings (SSSR count). The second-order valence-corrected chi connectivity index (χ2v) is 19.6. The molecule has 2 aromatic carbocycles. The molecule has 2 saturated heterocycles. The van der Waals surface area contributed by atoms with Crippen molar-refractivity contribution in [1.82, 2.24) is 54.7 Å². The van der Waals surface area contributed by atoms with Crippen molar-refractivity contribution in [1.29, 1.82) is 0 Å². The number of anilines is 4. The Kier molecular flexibility index (Phi) is 16.9. The molecule has 0 radical (unpaired) electrons. The first-order chi connectivity index (χ1) is 37.3. The van der Waals surface area contributed by atoms with Crippen LogP contribution in [0.1, 0.15) is 92.6 Å². The Balaban J connectivity index is 0.994. The summed E-state index contributed by atoms with van der Waals surface area (Å²) in [6.45, 7) is 7.47. The smallest absolute Gasteiger partial charge is 0.336 e. The van der Waals surface area contributed by atoms with Crippen molar-refractivity contribution in [3.63, 3.8) is 0 Å². The Labute approximate surface area is 444 Å². The predicted molar refractivity (Wildman–Crippen MR) is 287 cm³/mol. The van der Waals surface area contributed by atoms with E-state index in [-0.39, 0.29) is 58.9 Å². The summed E-state index contributed by atoms with van der Waals surface area (Å²) in [5, 5.41) is 52.9. The molecule has 0 unspecified atom stereocenters. The first-order valence-corrected chi connectivity index (χ1v) is 26.4. The lowest BCUT2D eigenvalue weighted by atomic mass is 9.90. The number of aliphatic hydroxyl groups excluding tert-OH is 1. The number of carbonyl (C=O) groups is 3. The number of aryl methyl sites for hydroxylation is 2. The van der Waals surface area contributed by atoms with Gasteiger partial charge in [0.2, 0.25) is 29.7 Å². The van der Waals surface area contributed by atoms with Crippen LogP contribution in [0.4, 0.5) is 23.5 Å². The number of aromatic hydroxyl groups is 1. The summed E-state index contributed by atoms with van der Waals surface area (Å²) in [4.78, 5) is 76.2. The van der Waals surface area contributed by atoms with E-state index in [1.54, 1.807) is 47.0 Å². The quantitative estimate of drug-likeness (QED) is 0.0413. The number of carboxylic acids is 1. The Hall–Kier alpha value is -8.09. The van der Waals surface area contributed by atoms with Gasteiger partial charge in [0.25, 0.3) is 0 Å². The highest BCUT2D eigenvalue weighted by molar-refractivity contribution is 6.08. The van der Waals surface area contributed by atoms with E-state index < -0.39 is 24.2 Å². The van der Waals surface area contributed by atoms with E-state index >= 15 is 0 Å². The van der Waals surface area contributed by atoms with Crippen LogP contribution in [-0.2, 0) is 22.4 Å². The number of nitrogens with zero attached hydrogens (tertiary/aromatic N) is 13. The third-order valence-corrected chi connectivity index (χ3v) is 14.1. The standard InChI is InChI=1S/C53H66N16O8/c1-3-4-9-35-31-68(62-60-35)43(11-6-8-19-55)48(73)64-20-24-66(25-21-64)52-57-51(58-53(59-52)67-26-22-65(23-27-67)49(74)47(33(2)70)69-32-36(61-63-69)10-5-7-18-54)56-34-12-15-39(42(28-34)50(75)76)46-40-16-13-37(71)29-44(40)77-45-30-38(72)14-17-41(45)46/h12-17,28-33,43,47,70-71H,3-11,18-27,54-55H2,1-2H3,(H,75,76)(H,56,57,58,59)/t33-,43+,47+/m1/s1. The van der Waals surface area contributed by atoms with Gasteiger partial charge >= 0.3 is 5.97 Å². The van der Waals surface area contributed by atoms with E-state index in [1.165, 1.54) is 35.0 Å². The zero-order valence-corrected chi connectivity index (χ0v) is 43.4. The fourth-order valence-corrected chi connectivity index (χ4v) is 9.98. The number of carboxylic acid groups (broad SMARTS) is 1. The number of nitrogens with two attached hydrogens (primary N) is 2. The largest absolute Gasteiger partial charge is 0.508 e. The highest BCUT2D eigenvalue weighted by Crippen LogP contribution is 2.43. The number of aromatic carboxylic acids is 1. The minimum atomic E-state index is -1.23. The lowest BCUT2D eigenvalue weighted by Crippen LogP contribution is -2.53. The summed E-state index contributed by atoms with van der Waals surface area (Å²) in [5.74, 6) is -0.682. The summed E-state index contributed by atoms with van der Waals surface area (Å²) < 4.78 is 9.15. The number of benzene rings is 3. The van der Waals surface area contributed by atoms with Crippen LogP contribution in [0.15, 0.2) is 76.2 Å². The highest BCUT2D eigenvalue weighted by Gasteiger charge is 2.35. The molecule has 24 heteroatoms. The number of aliphatic hydroxyl groups is 1. The number of phenolic OH excluding ortho intramolecular Hbond substituents is 1. The Morgan fingerprint density at radius 1 is 0.727 bits per heavy atom. The van der Waals surface area contributed by atoms with Crippen LogP contribution < -0.4 is 32.0 Å². The molecule has 4 aliphatic rings. The van der Waals surface area contributed by atoms with E-state index in [2.05, 4.69) is 32.9 Å². The summed E-state index contributed by atoms with van der Waals surface area (Å²) in [5.41, 5.74) is 14.6. The second kappa shape index (κ2) is 24.3. The molecule has 3 aromatic heterocycles. The molecule has 1 aliphatic carbocycles. The molecule has 6 heterocycles. The number of hydrogen-bond acceptors (Lipinski definition) is 19. The fraction of sp³-hybridized carbons (Fsp3) is 0.453. The third-order valence-electron chi connectivity index (χ3n) is 14.1. The Morgan fingerprint density at radius 3 is 2.00 bits per heavy atom. The molecule has 3 aliphatic heterocycles. The van der Waals surface area contributed by atoms with Crippen molar-refractivity contribution in [3.8, 4) is 28.2 Å². The van der Waals surface area contributed by atoms with Gasteiger partial charge in [0.1, 0.15) is 23.1 Å². The SMILES string of the molecule is CCCCc1cn([C@@H](CCCCN)C(=O)N2CCN(c3nc(Nc4ccc(-c5c6ccc(=O)cc-6oc6cc(O)ccc56)c(C(=O)O)c4)nc(N4CCN(C(=O)[C@H]([C@@H](C)O)n5cc(CCCCN)nn5)CC4)n3)CC2)nn1. The van der Waals surface area contributed by atoms with Gasteiger partial charge in [-0.25, -0.2) is 14.2 Å². The molecule has 8 N–H and O–H groups in total. The lowest BCUT2D eigenvalue weighted by Gasteiger charge is -2.38. The lowest BCUT2D eigenvalue weighted by molar-refractivity contribution is -0.138. The number of carbonyl (C=O) groups excluding carboxylic acids is 2. The molecular formula is C53H66N16O8. The second-order valence-electron chi connectivity index (χ2n) is 19.6. The van der Waals surface area contributed by atoms with Crippen molar-refractivity contribution in [2.75, 3.05) is 80.6 Å². The molecule has 2 amide bonds. The van der Waals surface area contributed by atoms with Crippen LogP contribution in [0.25, 0.3) is 33.4 Å². The van der Waals surface area contributed by atoms with E-state index in [4.69, 9.17) is 30.8 Å². The number of aromatic nitrogens is 9. The van der Waals surface area contributed by atoms with Gasteiger partial charge in [0.05, 0.1) is 23.1 Å². The molecule has 0 saturated carbocycles. The van der Waals surface area contributed by atoms with Crippen molar-refractivity contribution in [2.45, 2.75) is 89.8 Å². The van der Waals surface area contributed by atoms with Crippen molar-refractivity contribution < 1.29 is 34.1 Å². The number of hydrogen-bond donors (Lipinski definition) is 6. The molecule has 0 bridgehead atoms. The van der Waals surface area contributed by atoms with E-state index in [0.29, 0.717) is 111 Å². The number of rotatable bonds is 22. The molecule has 3 atom stereocenters. The van der Waals surface area contributed by atoms with E-state index in [9.17, 15) is 34.5 Å². The average Bonchev–Trinajstić information content (AvgIpc) is 4.11. The number of unbranched alkanes of at least 4 members (excludes halogenated alkanes) is 3. The number of amides is 2. The van der Waals surface area contributed by atoms with Gasteiger partial charge in [-0.3, -0.25) is 14.4 Å². The topological polar surface area (TPSA) is 319 Å². The average molecular weight is 1060 g/mol. The fourth-order valence-electron chi connectivity index (χ4n) is 9.98. The molecule has 24 nitrogen and oxygen atoms in total. The van der Waals surface area contributed by atoms with Crippen molar-refractivity contribution >= 4 is 52.3 Å². The van der Waals surface area contributed by atoms with Crippen molar-refractivity contribution in [2.24, 2.45) is 11.5 Å². The minimum absolute atomic E-state index is 0.0544. The van der Waals surface area contributed by atoms with E-state index in [0.717, 1.165) is 50.6 Å². The van der Waals surface area contributed by atoms with Gasteiger partial charge in [-0.15, -0.1) is 10.2 Å². The van der Waals surface area contributed by atoms with Crippen LogP contribution >= 0.6 is 0 Å². The van der Waals surface area contributed by atoms with Crippen LogP contribution in [0, 0.1) is 0 Å². The summed E-state index contributed by atoms with van der Waals surface area (Å²) in [6.07, 6.45) is 9.70. The Morgan fingerprint density at radius 2 is 1.35 bits per heavy atom. The first-order valence-electron chi connectivity index (χ1n) is 26.4. The molecule has 77 heavy (non-hydrogen) atoms. The zero-order valence-electron chi connectivity index (χ0n) is 43.4. The monoisotopic (exact) mass is 1050 g/mol. The number of phenols is 1. The third kappa shape index (κ3) is 12.3. The number of fused-ring (bicyclic) bond motifs is 2. The highest BCUT2D eigenvalue weighted by atomic mass is 16.4. The van der Waals surface area contributed by atoms with Gasteiger partial charge in [-0.05, 0) is 113 Å². The van der Waals surface area contributed by atoms with Gasteiger partial charge < -0.3 is 56.1 Å².